The third-order valence-electron chi connectivity index (χ3n) is 1.52. The molecule has 0 aromatic carbocycles. The van der Waals surface area contributed by atoms with Crippen LogP contribution in [0.25, 0.3) is 5.76 Å². The van der Waals surface area contributed by atoms with Gasteiger partial charge in [0.15, 0.2) is 0 Å². The first kappa shape index (κ1) is 8.84. The smallest absolute Gasteiger partial charge is 0.142 e. The Bertz CT molecular complexity index is 281. The Morgan fingerprint density at radius 1 is 1.83 bits per heavy atom. The van der Waals surface area contributed by atoms with Gasteiger partial charge >= 0.3 is 0 Å². The van der Waals surface area contributed by atoms with Crippen molar-refractivity contribution in [2.75, 3.05) is 6.61 Å². The number of rotatable bonds is 3. The van der Waals surface area contributed by atoms with Crippen LogP contribution in [-0.2, 0) is 4.74 Å². The van der Waals surface area contributed by atoms with E-state index in [1.165, 1.54) is 0 Å². The van der Waals surface area contributed by atoms with Crippen molar-refractivity contribution >= 4 is 5.76 Å². The molecule has 0 aliphatic carbocycles. The highest BCUT2D eigenvalue weighted by atomic mass is 16.5. The number of aromatic amines is 1. The summed E-state index contributed by atoms with van der Waals surface area (Å²) < 4.78 is 5.37. The first-order chi connectivity index (χ1) is 5.77. The lowest BCUT2D eigenvalue weighted by atomic mass is 10.3. The highest BCUT2D eigenvalue weighted by Gasteiger charge is 2.03. The van der Waals surface area contributed by atoms with Crippen molar-refractivity contribution in [1.29, 1.82) is 0 Å². The molecule has 12 heavy (non-hydrogen) atoms. The van der Waals surface area contributed by atoms with E-state index in [0.29, 0.717) is 6.61 Å². The van der Waals surface area contributed by atoms with E-state index >= 15 is 0 Å². The minimum atomic E-state index is 0. The number of aromatic nitrogens is 2. The number of allylic oxidation sites excluding steroid dienone is 1. The van der Waals surface area contributed by atoms with E-state index in [2.05, 4.69) is 10.2 Å². The predicted molar refractivity (Wildman–Crippen MR) is 50.7 cm³/mol. The third kappa shape index (κ3) is 1.87. The summed E-state index contributed by atoms with van der Waals surface area (Å²) in [4.78, 5) is 0. The van der Waals surface area contributed by atoms with Crippen LogP contribution < -0.4 is 0 Å². The van der Waals surface area contributed by atoms with E-state index in [4.69, 9.17) is 4.74 Å². The number of hydrogen-bond donors (Lipinski definition) is 1. The maximum atomic E-state index is 5.37. The lowest BCUT2D eigenvalue weighted by Crippen LogP contribution is -1.91. The molecule has 0 aliphatic rings. The summed E-state index contributed by atoms with van der Waals surface area (Å²) in [6.07, 6.45) is 1.92. The molecule has 3 nitrogen and oxygen atoms in total. The molecule has 0 saturated heterocycles. The monoisotopic (exact) mass is 168 g/mol. The topological polar surface area (TPSA) is 37.9 Å². The summed E-state index contributed by atoms with van der Waals surface area (Å²) in [7, 11) is 0. The van der Waals surface area contributed by atoms with Gasteiger partial charge < -0.3 is 4.74 Å². The van der Waals surface area contributed by atoms with Gasteiger partial charge in [-0.1, -0.05) is 0 Å². The van der Waals surface area contributed by atoms with Crippen molar-refractivity contribution in [3.05, 3.63) is 23.5 Å². The van der Waals surface area contributed by atoms with Gasteiger partial charge in [0.05, 0.1) is 6.61 Å². The number of H-pyrrole nitrogens is 1. The van der Waals surface area contributed by atoms with Crippen molar-refractivity contribution in [3.63, 3.8) is 0 Å². The first-order valence-corrected chi connectivity index (χ1v) is 4.09. The lowest BCUT2D eigenvalue weighted by molar-refractivity contribution is 0.296. The minimum Gasteiger partial charge on any atom is -0.492 e. The van der Waals surface area contributed by atoms with E-state index < -0.39 is 0 Å². The van der Waals surface area contributed by atoms with Gasteiger partial charge in [0.2, 0.25) is 0 Å². The molecule has 1 N–H and O–H groups in total. The van der Waals surface area contributed by atoms with Crippen LogP contribution >= 0.6 is 0 Å². The normalized spacial score (nSPS) is 11.8. The molecule has 0 fully saturated rings. The van der Waals surface area contributed by atoms with Crippen molar-refractivity contribution < 1.29 is 6.16 Å². The van der Waals surface area contributed by atoms with Crippen LogP contribution in [0.5, 0.6) is 0 Å². The Morgan fingerprint density at radius 2 is 2.58 bits per heavy atom. The number of ether oxygens (including phenoxy) is 1. The van der Waals surface area contributed by atoms with Gasteiger partial charge in [0.25, 0.3) is 0 Å². The van der Waals surface area contributed by atoms with Crippen LogP contribution in [0.2, 0.25) is 0 Å². The largest absolute Gasteiger partial charge is 0.492 e. The second kappa shape index (κ2) is 3.95. The molecule has 1 rings (SSSR count). The molecular weight excluding hydrogens is 152 g/mol. The number of nitrogens with zero attached hydrogens (tertiary/aromatic N) is 1. The van der Waals surface area contributed by atoms with E-state index in [-0.39, 0.29) is 1.43 Å². The molecule has 0 aliphatic heterocycles. The summed E-state index contributed by atoms with van der Waals surface area (Å²) in [5, 5.41) is 6.96. The summed E-state index contributed by atoms with van der Waals surface area (Å²) in [6, 6.07) is 1.96. The van der Waals surface area contributed by atoms with Crippen molar-refractivity contribution in [3.8, 4) is 0 Å². The van der Waals surface area contributed by atoms with Gasteiger partial charge in [0, 0.05) is 7.12 Å². The summed E-state index contributed by atoms with van der Waals surface area (Å²) >= 11 is 0. The third-order valence-corrected chi connectivity index (χ3v) is 1.52. The van der Waals surface area contributed by atoms with Gasteiger partial charge in [-0.25, -0.2) is 0 Å². The SMILES string of the molecule is C/C=C(\OCC)c1cc(C)[nH]n1.[HH]. The predicted octanol–water partition coefficient (Wildman–Crippen LogP) is 2.36. The molecular formula is C9H16N2O. The quantitative estimate of drug-likeness (QED) is 0.703. The molecule has 0 atom stereocenters. The Labute approximate surface area is 73.9 Å². The summed E-state index contributed by atoms with van der Waals surface area (Å²) in [6.45, 7) is 6.54. The Morgan fingerprint density at radius 3 is 3.00 bits per heavy atom. The van der Waals surface area contributed by atoms with E-state index in [1.54, 1.807) is 0 Å². The molecule has 1 aromatic heterocycles. The van der Waals surface area contributed by atoms with Crippen molar-refractivity contribution in [2.24, 2.45) is 0 Å². The van der Waals surface area contributed by atoms with E-state index in [9.17, 15) is 0 Å². The summed E-state index contributed by atoms with van der Waals surface area (Å²) in [5.74, 6) is 0.835. The molecule has 0 unspecified atom stereocenters. The van der Waals surface area contributed by atoms with Crippen LogP contribution in [0.15, 0.2) is 12.1 Å². The minimum absolute atomic E-state index is 0. The van der Waals surface area contributed by atoms with Crippen LogP contribution in [0.3, 0.4) is 0 Å². The number of nitrogens with one attached hydrogen (secondary N) is 1. The van der Waals surface area contributed by atoms with E-state index in [1.807, 2.05) is 32.9 Å². The zero-order chi connectivity index (χ0) is 8.97. The Hall–Kier alpha value is -1.25. The number of hydrogen-bond acceptors (Lipinski definition) is 2. The average molecular weight is 168 g/mol. The van der Waals surface area contributed by atoms with E-state index in [0.717, 1.165) is 17.1 Å². The second-order valence-corrected chi connectivity index (χ2v) is 2.52. The summed E-state index contributed by atoms with van der Waals surface area (Å²) in [5.41, 5.74) is 1.92. The lowest BCUT2D eigenvalue weighted by Gasteiger charge is -2.03. The van der Waals surface area contributed by atoms with Crippen molar-refractivity contribution in [1.82, 2.24) is 10.2 Å². The fourth-order valence-electron chi connectivity index (χ4n) is 1.00. The molecule has 68 valence electrons. The maximum absolute atomic E-state index is 5.37. The van der Waals surface area contributed by atoms with Gasteiger partial charge in [-0.2, -0.15) is 5.10 Å². The van der Waals surface area contributed by atoms with Gasteiger partial charge in [-0.05, 0) is 32.9 Å². The Balaban J connectivity index is 0.00000144. The second-order valence-electron chi connectivity index (χ2n) is 2.52. The zero-order valence-electron chi connectivity index (χ0n) is 7.72. The molecule has 0 radical (unpaired) electrons. The van der Waals surface area contributed by atoms with Crippen LogP contribution in [0.4, 0.5) is 0 Å². The number of aryl methyl sites for hydroxylation is 1. The van der Waals surface area contributed by atoms with Crippen LogP contribution in [-0.4, -0.2) is 16.8 Å². The molecule has 0 spiro atoms. The molecule has 0 saturated carbocycles. The highest BCUT2D eigenvalue weighted by Crippen LogP contribution is 2.13. The molecule has 1 aromatic rings. The fraction of sp³-hybridized carbons (Fsp3) is 0.444. The fourth-order valence-corrected chi connectivity index (χ4v) is 1.00. The van der Waals surface area contributed by atoms with Gasteiger partial charge in [-0.3, -0.25) is 5.10 Å². The molecule has 3 heteroatoms. The van der Waals surface area contributed by atoms with Gasteiger partial charge in [-0.15, -0.1) is 0 Å². The zero-order valence-corrected chi connectivity index (χ0v) is 7.72. The van der Waals surface area contributed by atoms with Crippen LogP contribution in [0.1, 0.15) is 26.7 Å². The standard InChI is InChI=1S/C9H14N2O.H2/c1-4-9(12-5-2)8-6-7(3)10-11-8;/h4,6H,5H2,1-3H3,(H,10,11);1H/b9-4-;. The highest BCUT2D eigenvalue weighted by molar-refractivity contribution is 5.55. The van der Waals surface area contributed by atoms with Crippen LogP contribution in [0, 0.1) is 6.92 Å². The molecule has 1 heterocycles. The molecule has 0 amide bonds. The Kier molecular flexibility index (Phi) is 2.91. The maximum Gasteiger partial charge on any atom is 0.142 e. The van der Waals surface area contributed by atoms with Gasteiger partial charge in [0.1, 0.15) is 11.5 Å². The first-order valence-electron chi connectivity index (χ1n) is 4.09. The van der Waals surface area contributed by atoms with Crippen molar-refractivity contribution in [2.45, 2.75) is 20.8 Å². The molecule has 0 bridgehead atoms. The average Bonchev–Trinajstić information content (AvgIpc) is 2.47.